The fourth-order valence-electron chi connectivity index (χ4n) is 1.42. The van der Waals surface area contributed by atoms with Crippen LogP contribution in [0.25, 0.3) is 0 Å². The third-order valence-electron chi connectivity index (χ3n) is 2.31. The maximum atomic E-state index is 12.0. The van der Waals surface area contributed by atoms with Crippen LogP contribution in [0.5, 0.6) is 0 Å². The summed E-state index contributed by atoms with van der Waals surface area (Å²) in [6, 6.07) is 0. The summed E-state index contributed by atoms with van der Waals surface area (Å²) in [6.07, 6.45) is 6.42. The van der Waals surface area contributed by atoms with Crippen molar-refractivity contribution in [3.8, 4) is 0 Å². The molecule has 0 atom stereocenters. The molecule has 0 unspecified atom stereocenters. The van der Waals surface area contributed by atoms with Gasteiger partial charge in [0.15, 0.2) is 5.78 Å². The smallest absolute Gasteiger partial charge is 0.163 e. The van der Waals surface area contributed by atoms with E-state index >= 15 is 0 Å². The van der Waals surface area contributed by atoms with E-state index in [1.54, 1.807) is 23.5 Å². The number of rotatable bonds is 7. The lowest BCUT2D eigenvalue weighted by Crippen LogP contribution is -2.32. The van der Waals surface area contributed by atoms with E-state index in [1.165, 1.54) is 0 Å². The van der Waals surface area contributed by atoms with Crippen molar-refractivity contribution in [2.45, 2.75) is 37.2 Å². The van der Waals surface area contributed by atoms with Gasteiger partial charge in [0.05, 0.1) is 0 Å². The van der Waals surface area contributed by atoms with Crippen molar-refractivity contribution in [3.63, 3.8) is 0 Å². The molecule has 0 fully saturated rings. The van der Waals surface area contributed by atoms with Gasteiger partial charge < -0.3 is 0 Å². The third kappa shape index (κ3) is 2.80. The Hall–Kier alpha value is 0.110. The van der Waals surface area contributed by atoms with E-state index in [1.807, 2.05) is 19.4 Å². The third-order valence-corrected chi connectivity index (χ3v) is 5.49. The van der Waals surface area contributed by atoms with Crippen LogP contribution in [0.1, 0.15) is 33.1 Å². The van der Waals surface area contributed by atoms with Gasteiger partial charge in [-0.05, 0) is 30.9 Å². The van der Waals surface area contributed by atoms with Gasteiger partial charge in [0, 0.05) is 6.42 Å². The molecule has 0 heterocycles. The zero-order valence-corrected chi connectivity index (χ0v) is 11.2. The maximum Gasteiger partial charge on any atom is 0.163 e. The van der Waals surface area contributed by atoms with Gasteiger partial charge in [0.2, 0.25) is 0 Å². The highest BCUT2D eigenvalue weighted by molar-refractivity contribution is 8.19. The van der Waals surface area contributed by atoms with Crippen LogP contribution in [0, 0.1) is 0 Å². The minimum absolute atomic E-state index is 0.312. The Bertz CT molecular complexity index is 207. The van der Waals surface area contributed by atoms with E-state index in [2.05, 4.69) is 13.5 Å². The summed E-state index contributed by atoms with van der Waals surface area (Å²) >= 11 is 3.22. The van der Waals surface area contributed by atoms with Crippen molar-refractivity contribution >= 4 is 29.3 Å². The fraction of sp³-hybridized carbons (Fsp3) is 0.727. The average molecular weight is 232 g/mol. The predicted molar refractivity (Wildman–Crippen MR) is 69.1 cm³/mol. The van der Waals surface area contributed by atoms with Gasteiger partial charge in [0.1, 0.15) is 4.08 Å². The average Bonchev–Trinajstić information content (AvgIpc) is 2.20. The Morgan fingerprint density at radius 2 is 1.79 bits per heavy atom. The summed E-state index contributed by atoms with van der Waals surface area (Å²) in [7, 11) is 0. The Balaban J connectivity index is 4.86. The minimum Gasteiger partial charge on any atom is -0.297 e. The Kier molecular flexibility index (Phi) is 6.62. The van der Waals surface area contributed by atoms with Gasteiger partial charge in [0.25, 0.3) is 0 Å². The summed E-state index contributed by atoms with van der Waals surface area (Å²) in [5.74, 6) is 0.312. The lowest BCUT2D eigenvalue weighted by molar-refractivity contribution is -0.118. The molecule has 0 aromatic heterocycles. The summed E-state index contributed by atoms with van der Waals surface area (Å²) < 4.78 is -0.398. The second-order valence-corrected chi connectivity index (χ2v) is 5.45. The standard InChI is InChI=1S/C11H20OS2/c1-6-8-10(12)11(13-4,14-5)9(3)7-2/h3,6-8H2,1-2,4-5H3. The molecular formula is C11H20OS2. The van der Waals surface area contributed by atoms with Crippen LogP contribution in [-0.4, -0.2) is 22.4 Å². The maximum absolute atomic E-state index is 12.0. The van der Waals surface area contributed by atoms with Crippen LogP contribution in [-0.2, 0) is 4.79 Å². The van der Waals surface area contributed by atoms with Gasteiger partial charge in [-0.15, -0.1) is 23.5 Å². The predicted octanol–water partition coefficient (Wildman–Crippen LogP) is 3.74. The van der Waals surface area contributed by atoms with E-state index in [0.717, 1.165) is 18.4 Å². The van der Waals surface area contributed by atoms with Crippen molar-refractivity contribution in [1.29, 1.82) is 0 Å². The first-order valence-electron chi connectivity index (χ1n) is 4.90. The second kappa shape index (κ2) is 6.57. The van der Waals surface area contributed by atoms with Gasteiger partial charge in [-0.3, -0.25) is 4.79 Å². The molecule has 0 N–H and O–H groups in total. The number of carbonyl (C=O) groups excluding carboxylic acids is 1. The summed E-state index contributed by atoms with van der Waals surface area (Å²) in [6.45, 7) is 8.13. The molecule has 0 bridgehead atoms. The van der Waals surface area contributed by atoms with E-state index in [-0.39, 0.29) is 0 Å². The highest BCUT2D eigenvalue weighted by Crippen LogP contribution is 2.43. The molecule has 0 aromatic rings. The molecule has 0 saturated heterocycles. The van der Waals surface area contributed by atoms with E-state index < -0.39 is 4.08 Å². The molecule has 0 aliphatic carbocycles. The fourth-order valence-corrected chi connectivity index (χ4v) is 3.61. The first-order chi connectivity index (χ1) is 6.58. The highest BCUT2D eigenvalue weighted by atomic mass is 32.2. The van der Waals surface area contributed by atoms with Gasteiger partial charge >= 0.3 is 0 Å². The summed E-state index contributed by atoms with van der Waals surface area (Å²) in [4.78, 5) is 12.0. The van der Waals surface area contributed by atoms with Gasteiger partial charge in [-0.25, -0.2) is 0 Å². The van der Waals surface area contributed by atoms with Crippen molar-refractivity contribution < 1.29 is 4.79 Å². The molecule has 0 aromatic carbocycles. The molecule has 0 radical (unpaired) electrons. The van der Waals surface area contributed by atoms with Gasteiger partial charge in [-0.2, -0.15) is 0 Å². The van der Waals surface area contributed by atoms with Crippen LogP contribution < -0.4 is 0 Å². The Morgan fingerprint density at radius 1 is 1.29 bits per heavy atom. The number of carbonyl (C=O) groups is 1. The molecule has 3 heteroatoms. The van der Waals surface area contributed by atoms with Crippen LogP contribution in [0.2, 0.25) is 0 Å². The van der Waals surface area contributed by atoms with Gasteiger partial charge in [-0.1, -0.05) is 20.4 Å². The van der Waals surface area contributed by atoms with E-state index in [0.29, 0.717) is 12.2 Å². The van der Waals surface area contributed by atoms with Crippen molar-refractivity contribution in [3.05, 3.63) is 12.2 Å². The molecule has 1 nitrogen and oxygen atoms in total. The van der Waals surface area contributed by atoms with Crippen LogP contribution in [0.3, 0.4) is 0 Å². The molecule has 0 aliphatic heterocycles. The van der Waals surface area contributed by atoms with Crippen LogP contribution >= 0.6 is 23.5 Å². The topological polar surface area (TPSA) is 17.1 Å². The molecule has 0 amide bonds. The largest absolute Gasteiger partial charge is 0.297 e. The van der Waals surface area contributed by atoms with Crippen LogP contribution in [0.4, 0.5) is 0 Å². The van der Waals surface area contributed by atoms with Crippen molar-refractivity contribution in [1.82, 2.24) is 0 Å². The zero-order valence-electron chi connectivity index (χ0n) is 9.55. The lowest BCUT2D eigenvalue weighted by atomic mass is 10.0. The first kappa shape index (κ1) is 14.1. The molecule has 82 valence electrons. The summed E-state index contributed by atoms with van der Waals surface area (Å²) in [5, 5.41) is 0. The number of hydrogen-bond acceptors (Lipinski definition) is 3. The first-order valence-corrected chi connectivity index (χ1v) is 7.35. The normalized spacial score (nSPS) is 11.4. The molecule has 0 saturated carbocycles. The van der Waals surface area contributed by atoms with Crippen molar-refractivity contribution in [2.24, 2.45) is 0 Å². The Labute approximate surface area is 96.1 Å². The Morgan fingerprint density at radius 3 is 2.07 bits per heavy atom. The monoisotopic (exact) mass is 232 g/mol. The number of thioether (sulfide) groups is 2. The molecular weight excluding hydrogens is 212 g/mol. The SMILES string of the molecule is C=C(CC)C(SC)(SC)C(=O)CCC. The molecule has 0 aliphatic rings. The molecule has 0 spiro atoms. The second-order valence-electron chi connectivity index (χ2n) is 3.16. The lowest BCUT2D eigenvalue weighted by Gasteiger charge is -2.30. The van der Waals surface area contributed by atoms with E-state index in [9.17, 15) is 4.79 Å². The number of Topliss-reactive ketones (excluding diaryl/α,β-unsaturated/α-hetero) is 1. The van der Waals surface area contributed by atoms with Crippen molar-refractivity contribution in [2.75, 3.05) is 12.5 Å². The highest BCUT2D eigenvalue weighted by Gasteiger charge is 2.37. The molecule has 0 rings (SSSR count). The zero-order chi connectivity index (χ0) is 11.2. The quantitative estimate of drug-likeness (QED) is 0.491. The number of ketones is 1. The number of hydrogen-bond donors (Lipinski definition) is 0. The summed E-state index contributed by atoms with van der Waals surface area (Å²) in [5.41, 5.74) is 1.04. The molecule has 14 heavy (non-hydrogen) atoms. The van der Waals surface area contributed by atoms with E-state index in [4.69, 9.17) is 0 Å². The van der Waals surface area contributed by atoms with Crippen LogP contribution in [0.15, 0.2) is 12.2 Å². The minimum atomic E-state index is -0.398.